The van der Waals surface area contributed by atoms with Crippen molar-refractivity contribution in [1.82, 2.24) is 5.32 Å². The Labute approximate surface area is 182 Å². The van der Waals surface area contributed by atoms with Gasteiger partial charge < -0.3 is 5.32 Å². The summed E-state index contributed by atoms with van der Waals surface area (Å²) < 4.78 is 26.1. The van der Waals surface area contributed by atoms with Crippen LogP contribution in [0.5, 0.6) is 0 Å². The predicted octanol–water partition coefficient (Wildman–Crippen LogP) is 4.40. The zero-order chi connectivity index (χ0) is 21.7. The summed E-state index contributed by atoms with van der Waals surface area (Å²) in [5.74, 6) is -0.418. The molecule has 0 saturated heterocycles. The van der Waals surface area contributed by atoms with Crippen LogP contribution in [-0.2, 0) is 14.8 Å². The van der Waals surface area contributed by atoms with Gasteiger partial charge in [-0.3, -0.25) is 9.10 Å². The van der Waals surface area contributed by atoms with Crippen molar-refractivity contribution in [2.24, 2.45) is 0 Å². The van der Waals surface area contributed by atoms with Crippen LogP contribution in [0.1, 0.15) is 24.1 Å². The molecule has 0 aliphatic carbocycles. The number of halogens is 1. The minimum atomic E-state index is -3.73. The third-order valence-corrected chi connectivity index (χ3v) is 6.18. The molecule has 0 fully saturated rings. The van der Waals surface area contributed by atoms with Gasteiger partial charge in [-0.05, 0) is 36.2 Å². The van der Waals surface area contributed by atoms with E-state index in [0.717, 1.165) is 21.7 Å². The molecule has 0 spiro atoms. The molecule has 156 valence electrons. The number of anilines is 1. The van der Waals surface area contributed by atoms with Crippen molar-refractivity contribution in [2.75, 3.05) is 10.6 Å². The van der Waals surface area contributed by atoms with E-state index in [1.165, 1.54) is 6.07 Å². The number of amides is 1. The van der Waals surface area contributed by atoms with Crippen LogP contribution in [0.25, 0.3) is 0 Å². The number of carbonyl (C=O) groups is 1. The Hall–Kier alpha value is -2.83. The summed E-state index contributed by atoms with van der Waals surface area (Å²) in [5, 5.41) is 3.40. The minimum Gasteiger partial charge on any atom is -0.343 e. The first-order valence-corrected chi connectivity index (χ1v) is 11.7. The fourth-order valence-electron chi connectivity index (χ4n) is 3.33. The van der Waals surface area contributed by atoms with Gasteiger partial charge in [0.15, 0.2) is 0 Å². The van der Waals surface area contributed by atoms with Crippen LogP contribution < -0.4 is 9.62 Å². The first kappa shape index (κ1) is 21.9. The zero-order valence-electron chi connectivity index (χ0n) is 16.7. The molecule has 3 aromatic carbocycles. The number of nitrogens with one attached hydrogen (secondary N) is 1. The van der Waals surface area contributed by atoms with Gasteiger partial charge in [-0.1, -0.05) is 78.3 Å². The lowest BCUT2D eigenvalue weighted by Gasteiger charge is -2.30. The second kappa shape index (κ2) is 9.32. The van der Waals surface area contributed by atoms with Crippen molar-refractivity contribution in [3.05, 3.63) is 101 Å². The van der Waals surface area contributed by atoms with E-state index in [1.807, 2.05) is 60.7 Å². The van der Waals surface area contributed by atoms with Gasteiger partial charge in [0.05, 0.1) is 18.0 Å². The fourth-order valence-corrected chi connectivity index (χ4v) is 4.69. The van der Waals surface area contributed by atoms with E-state index < -0.39 is 28.0 Å². The topological polar surface area (TPSA) is 66.5 Å². The molecule has 0 aliphatic heterocycles. The maximum absolute atomic E-state index is 13.2. The van der Waals surface area contributed by atoms with Crippen LogP contribution in [0, 0.1) is 0 Å². The third-order valence-electron chi connectivity index (χ3n) is 4.70. The van der Waals surface area contributed by atoms with Crippen molar-refractivity contribution in [3.8, 4) is 0 Å². The van der Waals surface area contributed by atoms with E-state index in [4.69, 9.17) is 11.6 Å². The summed E-state index contributed by atoms with van der Waals surface area (Å²) in [4.78, 5) is 13.2. The van der Waals surface area contributed by atoms with Gasteiger partial charge >= 0.3 is 0 Å². The Morgan fingerprint density at radius 1 is 0.900 bits per heavy atom. The van der Waals surface area contributed by atoms with Crippen molar-refractivity contribution < 1.29 is 13.2 Å². The van der Waals surface area contributed by atoms with Crippen LogP contribution in [-0.4, -0.2) is 26.6 Å². The van der Waals surface area contributed by atoms with Crippen LogP contribution in [0.4, 0.5) is 5.69 Å². The van der Waals surface area contributed by atoms with Gasteiger partial charge in [-0.15, -0.1) is 0 Å². The summed E-state index contributed by atoms with van der Waals surface area (Å²) >= 11 is 6.05. The minimum absolute atomic E-state index is 0.337. The third kappa shape index (κ3) is 5.20. The molecule has 0 aliphatic rings. The lowest BCUT2D eigenvalue weighted by molar-refractivity contribution is -0.122. The van der Waals surface area contributed by atoms with Crippen LogP contribution >= 0.6 is 11.6 Å². The van der Waals surface area contributed by atoms with Gasteiger partial charge in [-0.2, -0.15) is 0 Å². The lowest BCUT2D eigenvalue weighted by Crippen LogP contribution is -2.48. The molecule has 0 radical (unpaired) electrons. The van der Waals surface area contributed by atoms with E-state index in [9.17, 15) is 13.2 Å². The average molecular weight is 443 g/mol. The fraction of sp³-hybridized carbons (Fsp3) is 0.174. The van der Waals surface area contributed by atoms with Gasteiger partial charge in [-0.25, -0.2) is 8.42 Å². The molecule has 1 unspecified atom stereocenters. The smallest absolute Gasteiger partial charge is 0.244 e. The molecule has 5 nitrogen and oxygen atoms in total. The molecule has 0 heterocycles. The predicted molar refractivity (Wildman–Crippen MR) is 121 cm³/mol. The summed E-state index contributed by atoms with van der Waals surface area (Å²) in [5.41, 5.74) is 2.14. The zero-order valence-corrected chi connectivity index (χ0v) is 18.3. The maximum Gasteiger partial charge on any atom is 0.244 e. The Morgan fingerprint density at radius 3 is 1.90 bits per heavy atom. The van der Waals surface area contributed by atoms with E-state index in [0.29, 0.717) is 10.7 Å². The molecule has 0 bridgehead atoms. The van der Waals surface area contributed by atoms with Crippen molar-refractivity contribution in [3.63, 3.8) is 0 Å². The SMILES string of the molecule is CC(C(=O)NC(c1ccccc1)c1ccccc1)N(c1cccc(Cl)c1)S(C)(=O)=O. The normalized spacial score (nSPS) is 12.4. The number of carbonyl (C=O) groups excluding carboxylic acids is 1. The average Bonchev–Trinajstić information content (AvgIpc) is 2.72. The number of rotatable bonds is 7. The highest BCUT2D eigenvalue weighted by atomic mass is 35.5. The lowest BCUT2D eigenvalue weighted by atomic mass is 9.98. The molecule has 30 heavy (non-hydrogen) atoms. The van der Waals surface area contributed by atoms with Crippen molar-refractivity contribution in [2.45, 2.75) is 19.0 Å². The molecular weight excluding hydrogens is 420 g/mol. The second-order valence-corrected chi connectivity index (χ2v) is 9.27. The summed E-state index contributed by atoms with van der Waals surface area (Å²) in [6.45, 7) is 1.56. The molecule has 1 amide bonds. The summed E-state index contributed by atoms with van der Waals surface area (Å²) in [7, 11) is -3.73. The Bertz CT molecular complexity index is 1070. The van der Waals surface area contributed by atoms with E-state index in [-0.39, 0.29) is 0 Å². The second-order valence-electron chi connectivity index (χ2n) is 6.98. The largest absolute Gasteiger partial charge is 0.343 e. The summed E-state index contributed by atoms with van der Waals surface area (Å²) in [6, 6.07) is 24.1. The van der Waals surface area contributed by atoms with Crippen molar-refractivity contribution in [1.29, 1.82) is 0 Å². The van der Waals surface area contributed by atoms with Gasteiger partial charge in [0.25, 0.3) is 0 Å². The van der Waals surface area contributed by atoms with Gasteiger partial charge in [0.2, 0.25) is 15.9 Å². The maximum atomic E-state index is 13.2. The molecular formula is C23H23ClN2O3S. The number of nitrogens with zero attached hydrogens (tertiary/aromatic N) is 1. The molecule has 3 rings (SSSR count). The van der Waals surface area contributed by atoms with Gasteiger partial charge in [0, 0.05) is 5.02 Å². The van der Waals surface area contributed by atoms with Crippen LogP contribution in [0.3, 0.4) is 0 Å². The van der Waals surface area contributed by atoms with E-state index >= 15 is 0 Å². The van der Waals surface area contributed by atoms with E-state index in [2.05, 4.69) is 5.32 Å². The molecule has 0 saturated carbocycles. The first-order chi connectivity index (χ1) is 14.3. The van der Waals surface area contributed by atoms with Crippen molar-refractivity contribution >= 4 is 33.2 Å². The molecule has 1 N–H and O–H groups in total. The molecule has 1 atom stereocenters. The number of hydrogen-bond donors (Lipinski definition) is 1. The highest BCUT2D eigenvalue weighted by molar-refractivity contribution is 7.92. The van der Waals surface area contributed by atoms with Crippen LogP contribution in [0.2, 0.25) is 5.02 Å². The highest BCUT2D eigenvalue weighted by Crippen LogP contribution is 2.26. The molecule has 0 aromatic heterocycles. The standard InChI is InChI=1S/C23H23ClN2O3S/c1-17(26(30(2,28)29)21-15-9-14-20(24)16-21)23(27)25-22(18-10-5-3-6-11-18)19-12-7-4-8-13-19/h3-17,22H,1-2H3,(H,25,27). The van der Waals surface area contributed by atoms with Gasteiger partial charge in [0.1, 0.15) is 6.04 Å². The summed E-state index contributed by atoms with van der Waals surface area (Å²) in [6.07, 6.45) is 1.07. The van der Waals surface area contributed by atoms with E-state index in [1.54, 1.807) is 25.1 Å². The quantitative estimate of drug-likeness (QED) is 0.589. The number of hydrogen-bond acceptors (Lipinski definition) is 3. The Morgan fingerprint density at radius 2 is 1.43 bits per heavy atom. The molecule has 7 heteroatoms. The number of sulfonamides is 1. The highest BCUT2D eigenvalue weighted by Gasteiger charge is 2.31. The Balaban J connectivity index is 1.94. The molecule has 3 aromatic rings. The Kier molecular flexibility index (Phi) is 6.80. The van der Waals surface area contributed by atoms with Crippen LogP contribution in [0.15, 0.2) is 84.9 Å². The number of benzene rings is 3. The first-order valence-electron chi connectivity index (χ1n) is 9.42. The monoisotopic (exact) mass is 442 g/mol.